The summed E-state index contributed by atoms with van der Waals surface area (Å²) in [6.07, 6.45) is 0. The van der Waals surface area contributed by atoms with Gasteiger partial charge in [-0.25, -0.2) is 4.68 Å². The van der Waals surface area contributed by atoms with Crippen molar-refractivity contribution >= 4 is 26.8 Å². The first-order chi connectivity index (χ1) is 8.25. The van der Waals surface area contributed by atoms with Gasteiger partial charge in [0.1, 0.15) is 0 Å². The Kier molecular flexibility index (Phi) is 2.48. The van der Waals surface area contributed by atoms with Crippen LogP contribution in [0.3, 0.4) is 0 Å². The Morgan fingerprint density at radius 1 is 1.06 bits per heavy atom. The SMILES string of the molecule is Cc1nn(-c2cccc(Br)c2)c2ccccc12. The average molecular weight is 287 g/mol. The zero-order valence-corrected chi connectivity index (χ0v) is 11.0. The number of benzene rings is 2. The van der Waals surface area contributed by atoms with Gasteiger partial charge in [0.15, 0.2) is 0 Å². The van der Waals surface area contributed by atoms with Gasteiger partial charge in [-0.15, -0.1) is 0 Å². The van der Waals surface area contributed by atoms with Crippen molar-refractivity contribution in [1.29, 1.82) is 0 Å². The molecule has 0 aliphatic rings. The zero-order valence-electron chi connectivity index (χ0n) is 9.39. The van der Waals surface area contributed by atoms with Crippen molar-refractivity contribution < 1.29 is 0 Å². The number of aryl methyl sites for hydroxylation is 1. The topological polar surface area (TPSA) is 17.8 Å². The van der Waals surface area contributed by atoms with Crippen LogP contribution in [-0.4, -0.2) is 9.78 Å². The third kappa shape index (κ3) is 1.76. The normalized spacial score (nSPS) is 10.9. The van der Waals surface area contributed by atoms with Crippen LogP contribution in [0.4, 0.5) is 0 Å². The lowest BCUT2D eigenvalue weighted by atomic mass is 10.2. The first-order valence-electron chi connectivity index (χ1n) is 5.46. The molecule has 0 unspecified atom stereocenters. The summed E-state index contributed by atoms with van der Waals surface area (Å²) in [6.45, 7) is 2.04. The Morgan fingerprint density at radius 2 is 1.88 bits per heavy atom. The van der Waals surface area contributed by atoms with E-state index in [1.807, 2.05) is 35.9 Å². The van der Waals surface area contributed by atoms with Crippen molar-refractivity contribution in [1.82, 2.24) is 9.78 Å². The largest absolute Gasteiger partial charge is 0.233 e. The summed E-state index contributed by atoms with van der Waals surface area (Å²) in [5.74, 6) is 0. The van der Waals surface area contributed by atoms with E-state index >= 15 is 0 Å². The van der Waals surface area contributed by atoms with Gasteiger partial charge < -0.3 is 0 Å². The molecule has 0 aliphatic heterocycles. The van der Waals surface area contributed by atoms with Crippen LogP contribution in [-0.2, 0) is 0 Å². The predicted octanol–water partition coefficient (Wildman–Crippen LogP) is 4.10. The number of fused-ring (bicyclic) bond motifs is 1. The number of hydrogen-bond donors (Lipinski definition) is 0. The van der Waals surface area contributed by atoms with Crippen LogP contribution in [0.1, 0.15) is 5.69 Å². The fraction of sp³-hybridized carbons (Fsp3) is 0.0714. The number of hydrogen-bond acceptors (Lipinski definition) is 1. The van der Waals surface area contributed by atoms with Crippen LogP contribution in [0.2, 0.25) is 0 Å². The minimum atomic E-state index is 1.06. The molecule has 0 fully saturated rings. The molecule has 0 saturated heterocycles. The van der Waals surface area contributed by atoms with Crippen molar-refractivity contribution in [2.45, 2.75) is 6.92 Å². The van der Waals surface area contributed by atoms with Gasteiger partial charge in [-0.05, 0) is 31.2 Å². The maximum atomic E-state index is 4.60. The van der Waals surface area contributed by atoms with Gasteiger partial charge in [0.2, 0.25) is 0 Å². The molecule has 0 amide bonds. The Balaban J connectivity index is 2.31. The number of para-hydroxylation sites is 1. The second-order valence-electron chi connectivity index (χ2n) is 3.99. The first kappa shape index (κ1) is 10.5. The molecule has 0 aliphatic carbocycles. The summed E-state index contributed by atoms with van der Waals surface area (Å²) in [5, 5.41) is 5.80. The highest BCUT2D eigenvalue weighted by molar-refractivity contribution is 9.10. The van der Waals surface area contributed by atoms with Gasteiger partial charge in [-0.1, -0.05) is 40.2 Å². The average Bonchev–Trinajstić information content (AvgIpc) is 2.68. The molecule has 84 valence electrons. The Morgan fingerprint density at radius 3 is 2.71 bits per heavy atom. The van der Waals surface area contributed by atoms with Gasteiger partial charge in [-0.3, -0.25) is 0 Å². The third-order valence-corrected chi connectivity index (χ3v) is 3.32. The molecule has 3 heteroatoms. The lowest BCUT2D eigenvalue weighted by Crippen LogP contribution is -1.95. The van der Waals surface area contributed by atoms with Crippen LogP contribution in [0.5, 0.6) is 0 Å². The monoisotopic (exact) mass is 286 g/mol. The molecule has 17 heavy (non-hydrogen) atoms. The highest BCUT2D eigenvalue weighted by atomic mass is 79.9. The summed E-state index contributed by atoms with van der Waals surface area (Å²) in [4.78, 5) is 0. The van der Waals surface area contributed by atoms with Gasteiger partial charge in [0.25, 0.3) is 0 Å². The molecule has 3 aromatic rings. The second kappa shape index (κ2) is 4.00. The number of halogens is 1. The fourth-order valence-corrected chi connectivity index (χ4v) is 2.41. The van der Waals surface area contributed by atoms with E-state index in [-0.39, 0.29) is 0 Å². The zero-order chi connectivity index (χ0) is 11.8. The summed E-state index contributed by atoms with van der Waals surface area (Å²) < 4.78 is 3.04. The molecule has 2 nitrogen and oxygen atoms in total. The van der Waals surface area contributed by atoms with Crippen LogP contribution >= 0.6 is 15.9 Å². The lowest BCUT2D eigenvalue weighted by Gasteiger charge is -2.03. The van der Waals surface area contributed by atoms with Crippen LogP contribution < -0.4 is 0 Å². The number of nitrogens with zero attached hydrogens (tertiary/aromatic N) is 2. The van der Waals surface area contributed by atoms with E-state index in [1.54, 1.807) is 0 Å². The molecule has 0 atom stereocenters. The first-order valence-corrected chi connectivity index (χ1v) is 6.25. The quantitative estimate of drug-likeness (QED) is 0.659. The molecule has 3 rings (SSSR count). The van der Waals surface area contributed by atoms with Crippen molar-refractivity contribution in [2.24, 2.45) is 0 Å². The minimum absolute atomic E-state index is 1.06. The van der Waals surface area contributed by atoms with E-state index in [4.69, 9.17) is 0 Å². The molecule has 1 heterocycles. The van der Waals surface area contributed by atoms with Gasteiger partial charge in [0.05, 0.1) is 16.9 Å². The maximum Gasteiger partial charge on any atom is 0.0743 e. The third-order valence-electron chi connectivity index (χ3n) is 2.82. The van der Waals surface area contributed by atoms with Crippen LogP contribution in [0, 0.1) is 6.92 Å². The summed E-state index contributed by atoms with van der Waals surface area (Å²) in [5.41, 5.74) is 3.27. The van der Waals surface area contributed by atoms with E-state index < -0.39 is 0 Å². The predicted molar refractivity (Wildman–Crippen MR) is 73.5 cm³/mol. The molecular formula is C14H11BrN2. The van der Waals surface area contributed by atoms with Crippen molar-refractivity contribution in [2.75, 3.05) is 0 Å². The Hall–Kier alpha value is -1.61. The maximum absolute atomic E-state index is 4.60. The van der Waals surface area contributed by atoms with Gasteiger partial charge in [0, 0.05) is 9.86 Å². The minimum Gasteiger partial charge on any atom is -0.233 e. The van der Waals surface area contributed by atoms with E-state index in [0.717, 1.165) is 21.4 Å². The second-order valence-corrected chi connectivity index (χ2v) is 4.91. The van der Waals surface area contributed by atoms with Crippen molar-refractivity contribution in [3.63, 3.8) is 0 Å². The van der Waals surface area contributed by atoms with Crippen molar-refractivity contribution in [3.05, 3.63) is 58.7 Å². The molecule has 0 N–H and O–H groups in total. The molecular weight excluding hydrogens is 276 g/mol. The standard InChI is InChI=1S/C14H11BrN2/c1-10-13-7-2-3-8-14(13)17(16-10)12-6-4-5-11(15)9-12/h2-9H,1H3. The highest BCUT2D eigenvalue weighted by Crippen LogP contribution is 2.22. The smallest absolute Gasteiger partial charge is 0.0743 e. The lowest BCUT2D eigenvalue weighted by molar-refractivity contribution is 0.888. The van der Waals surface area contributed by atoms with E-state index in [0.29, 0.717) is 0 Å². The molecule has 0 bridgehead atoms. The Bertz CT molecular complexity index is 686. The highest BCUT2D eigenvalue weighted by Gasteiger charge is 2.07. The van der Waals surface area contributed by atoms with Crippen molar-refractivity contribution in [3.8, 4) is 5.69 Å². The fourth-order valence-electron chi connectivity index (χ4n) is 2.03. The molecule has 2 aromatic carbocycles. The summed E-state index contributed by atoms with van der Waals surface area (Å²) in [6, 6.07) is 16.4. The number of rotatable bonds is 1. The van der Waals surface area contributed by atoms with Gasteiger partial charge >= 0.3 is 0 Å². The van der Waals surface area contributed by atoms with Crippen LogP contribution in [0.25, 0.3) is 16.6 Å². The van der Waals surface area contributed by atoms with Gasteiger partial charge in [-0.2, -0.15) is 5.10 Å². The molecule has 0 spiro atoms. The Labute approximate surface area is 108 Å². The molecule has 1 aromatic heterocycles. The van der Waals surface area contributed by atoms with E-state index in [1.165, 1.54) is 5.39 Å². The number of aromatic nitrogens is 2. The summed E-state index contributed by atoms with van der Waals surface area (Å²) in [7, 11) is 0. The molecule has 0 saturated carbocycles. The molecule has 0 radical (unpaired) electrons. The van der Waals surface area contributed by atoms with E-state index in [9.17, 15) is 0 Å². The van der Waals surface area contributed by atoms with E-state index in [2.05, 4.69) is 45.3 Å². The summed E-state index contributed by atoms with van der Waals surface area (Å²) >= 11 is 3.49. The van der Waals surface area contributed by atoms with Crippen LogP contribution in [0.15, 0.2) is 53.0 Å².